The molecule has 3 atom stereocenters. The van der Waals surface area contributed by atoms with Crippen molar-refractivity contribution < 1.29 is 9.53 Å². The third-order valence-electron chi connectivity index (χ3n) is 5.38. The lowest BCUT2D eigenvalue weighted by Crippen LogP contribution is -2.56. The molecule has 2 fully saturated rings. The molecule has 0 aromatic carbocycles. The van der Waals surface area contributed by atoms with E-state index >= 15 is 0 Å². The van der Waals surface area contributed by atoms with Gasteiger partial charge in [0.25, 0.3) is 0 Å². The van der Waals surface area contributed by atoms with Gasteiger partial charge in [-0.25, -0.2) is 0 Å². The second-order valence-corrected chi connectivity index (χ2v) is 6.54. The Bertz CT molecular complexity index is 363. The lowest BCUT2D eigenvalue weighted by atomic mass is 9.96. The van der Waals surface area contributed by atoms with Crippen LogP contribution < -0.4 is 5.32 Å². The summed E-state index contributed by atoms with van der Waals surface area (Å²) < 4.78 is 5.06. The smallest absolute Gasteiger partial charge is 0.326 e. The summed E-state index contributed by atoms with van der Waals surface area (Å²) in [4.78, 5) is 17.3. The van der Waals surface area contributed by atoms with Gasteiger partial charge < -0.3 is 15.0 Å². The minimum absolute atomic E-state index is 0.0898. The zero-order chi connectivity index (χ0) is 15.5. The number of nitrogens with one attached hydrogen (secondary N) is 1. The van der Waals surface area contributed by atoms with E-state index in [9.17, 15) is 4.79 Å². The number of hydrogen-bond donors (Lipinski definition) is 1. The molecule has 2 rings (SSSR count). The van der Waals surface area contributed by atoms with E-state index in [1.54, 1.807) is 0 Å². The molecule has 1 heterocycles. The van der Waals surface area contributed by atoms with Gasteiger partial charge in [-0.05, 0) is 39.3 Å². The number of carbonyl (C=O) groups excluding carboxylic acids is 1. The van der Waals surface area contributed by atoms with Crippen LogP contribution in [-0.2, 0) is 9.53 Å². The second-order valence-electron chi connectivity index (χ2n) is 6.54. The van der Waals surface area contributed by atoms with E-state index in [2.05, 4.69) is 36.0 Å². The number of rotatable bonds is 5. The van der Waals surface area contributed by atoms with E-state index in [1.807, 2.05) is 0 Å². The van der Waals surface area contributed by atoms with Crippen LogP contribution >= 0.6 is 0 Å². The van der Waals surface area contributed by atoms with Crippen LogP contribution in [0.2, 0.25) is 0 Å². The zero-order valence-corrected chi connectivity index (χ0v) is 14.0. The predicted octanol–water partition coefficient (Wildman–Crippen LogP) is 1.09. The number of esters is 1. The van der Waals surface area contributed by atoms with Crippen LogP contribution in [0.4, 0.5) is 0 Å². The van der Waals surface area contributed by atoms with Gasteiger partial charge in [-0.3, -0.25) is 9.69 Å². The minimum Gasteiger partial charge on any atom is -0.468 e. The summed E-state index contributed by atoms with van der Waals surface area (Å²) in [6, 6.07) is 1.15. The van der Waals surface area contributed by atoms with Crippen molar-refractivity contribution in [2.45, 2.75) is 57.2 Å². The molecule has 0 bridgehead atoms. The molecule has 0 radical (unpaired) electrons. The standard InChI is InChI=1S/C16H31N3O2/c1-5-13-12-19(10-9-18(13)3)14-7-8-16(11-14,17-6-2)15(20)21-4/h13-14,17H,5-12H2,1-4H3. The third kappa shape index (κ3) is 3.41. The van der Waals surface area contributed by atoms with Crippen LogP contribution in [0.25, 0.3) is 0 Å². The number of ether oxygens (including phenoxy) is 1. The van der Waals surface area contributed by atoms with Gasteiger partial charge in [0.05, 0.1) is 7.11 Å². The van der Waals surface area contributed by atoms with E-state index in [1.165, 1.54) is 13.5 Å². The molecular weight excluding hydrogens is 266 g/mol. The fourth-order valence-corrected chi connectivity index (χ4v) is 4.03. The van der Waals surface area contributed by atoms with Crippen LogP contribution in [0, 0.1) is 0 Å². The zero-order valence-electron chi connectivity index (χ0n) is 14.0. The molecule has 0 spiro atoms. The van der Waals surface area contributed by atoms with Crippen molar-refractivity contribution in [2.75, 3.05) is 40.3 Å². The molecule has 0 aromatic heterocycles. The Morgan fingerprint density at radius 1 is 1.38 bits per heavy atom. The van der Waals surface area contributed by atoms with Crippen molar-refractivity contribution in [1.82, 2.24) is 15.1 Å². The summed E-state index contributed by atoms with van der Waals surface area (Å²) in [7, 11) is 3.72. The molecule has 0 amide bonds. The highest BCUT2D eigenvalue weighted by atomic mass is 16.5. The fraction of sp³-hybridized carbons (Fsp3) is 0.938. The Balaban J connectivity index is 2.02. The number of nitrogens with zero attached hydrogens (tertiary/aromatic N) is 2. The predicted molar refractivity (Wildman–Crippen MR) is 84.3 cm³/mol. The van der Waals surface area contributed by atoms with Gasteiger partial charge in [0, 0.05) is 31.7 Å². The molecule has 1 aliphatic heterocycles. The molecule has 0 aromatic rings. The third-order valence-corrected chi connectivity index (χ3v) is 5.38. The number of likely N-dealkylation sites (N-methyl/N-ethyl adjacent to an activating group) is 2. The molecule has 5 nitrogen and oxygen atoms in total. The average Bonchev–Trinajstić information content (AvgIpc) is 2.92. The number of piperazine rings is 1. The molecule has 21 heavy (non-hydrogen) atoms. The summed E-state index contributed by atoms with van der Waals surface area (Å²) in [5, 5.41) is 3.40. The van der Waals surface area contributed by atoms with Crippen molar-refractivity contribution in [1.29, 1.82) is 0 Å². The Morgan fingerprint density at radius 2 is 2.14 bits per heavy atom. The maximum absolute atomic E-state index is 12.2. The molecule has 1 aliphatic carbocycles. The van der Waals surface area contributed by atoms with Crippen LogP contribution in [0.1, 0.15) is 39.5 Å². The summed E-state index contributed by atoms with van der Waals surface area (Å²) in [6.07, 6.45) is 4.05. The van der Waals surface area contributed by atoms with E-state index in [4.69, 9.17) is 4.74 Å². The molecule has 5 heteroatoms. The molecule has 2 aliphatic rings. The number of methoxy groups -OCH3 is 1. The summed E-state index contributed by atoms with van der Waals surface area (Å²) in [5.74, 6) is -0.0898. The highest BCUT2D eigenvalue weighted by Crippen LogP contribution is 2.35. The number of hydrogen-bond acceptors (Lipinski definition) is 5. The molecular formula is C16H31N3O2. The van der Waals surface area contributed by atoms with E-state index < -0.39 is 5.54 Å². The number of carbonyl (C=O) groups is 1. The van der Waals surface area contributed by atoms with Gasteiger partial charge in [0.1, 0.15) is 5.54 Å². The largest absolute Gasteiger partial charge is 0.468 e. The van der Waals surface area contributed by atoms with Gasteiger partial charge in [0.15, 0.2) is 0 Å². The topological polar surface area (TPSA) is 44.8 Å². The maximum Gasteiger partial charge on any atom is 0.326 e. The van der Waals surface area contributed by atoms with Gasteiger partial charge in [-0.2, -0.15) is 0 Å². The normalized spacial score (nSPS) is 35.0. The Labute approximate surface area is 129 Å². The van der Waals surface area contributed by atoms with Crippen molar-refractivity contribution in [2.24, 2.45) is 0 Å². The molecule has 1 saturated carbocycles. The van der Waals surface area contributed by atoms with E-state index in [-0.39, 0.29) is 5.97 Å². The first-order chi connectivity index (χ1) is 10.1. The van der Waals surface area contributed by atoms with Gasteiger partial charge in [0.2, 0.25) is 0 Å². The van der Waals surface area contributed by atoms with E-state index in [0.717, 1.165) is 45.4 Å². The first kappa shape index (κ1) is 16.7. The lowest BCUT2D eigenvalue weighted by molar-refractivity contribution is -0.148. The highest BCUT2D eigenvalue weighted by molar-refractivity contribution is 5.81. The van der Waals surface area contributed by atoms with Crippen molar-refractivity contribution in [3.05, 3.63) is 0 Å². The first-order valence-electron chi connectivity index (χ1n) is 8.34. The maximum atomic E-state index is 12.2. The van der Waals surface area contributed by atoms with Crippen molar-refractivity contribution in [3.8, 4) is 0 Å². The second kappa shape index (κ2) is 7.07. The highest BCUT2D eigenvalue weighted by Gasteiger charge is 2.47. The van der Waals surface area contributed by atoms with Gasteiger partial charge in [-0.1, -0.05) is 13.8 Å². The lowest BCUT2D eigenvalue weighted by Gasteiger charge is -2.42. The van der Waals surface area contributed by atoms with E-state index in [0.29, 0.717) is 12.1 Å². The molecule has 122 valence electrons. The SMILES string of the molecule is CCNC1(C(=O)OC)CCC(N2CCN(C)C(CC)C2)C1. The Kier molecular flexibility index (Phi) is 5.63. The molecule has 1 saturated heterocycles. The molecule has 1 N–H and O–H groups in total. The minimum atomic E-state index is -0.459. The first-order valence-corrected chi connectivity index (χ1v) is 8.34. The molecule has 3 unspecified atom stereocenters. The fourth-order valence-electron chi connectivity index (χ4n) is 4.03. The van der Waals surface area contributed by atoms with Crippen molar-refractivity contribution in [3.63, 3.8) is 0 Å². The Morgan fingerprint density at radius 3 is 2.76 bits per heavy atom. The summed E-state index contributed by atoms with van der Waals surface area (Å²) in [6.45, 7) is 8.49. The van der Waals surface area contributed by atoms with Crippen LogP contribution in [-0.4, -0.2) is 73.7 Å². The quantitative estimate of drug-likeness (QED) is 0.770. The van der Waals surface area contributed by atoms with Crippen LogP contribution in [0.3, 0.4) is 0 Å². The van der Waals surface area contributed by atoms with Crippen molar-refractivity contribution >= 4 is 5.97 Å². The average molecular weight is 297 g/mol. The summed E-state index contributed by atoms with van der Waals surface area (Å²) in [5.41, 5.74) is -0.459. The Hall–Kier alpha value is -0.650. The monoisotopic (exact) mass is 297 g/mol. The van der Waals surface area contributed by atoms with Crippen LogP contribution in [0.15, 0.2) is 0 Å². The summed E-state index contributed by atoms with van der Waals surface area (Å²) >= 11 is 0. The van der Waals surface area contributed by atoms with Crippen LogP contribution in [0.5, 0.6) is 0 Å². The van der Waals surface area contributed by atoms with Gasteiger partial charge in [-0.15, -0.1) is 0 Å². The van der Waals surface area contributed by atoms with Gasteiger partial charge >= 0.3 is 5.97 Å².